The highest BCUT2D eigenvalue weighted by atomic mass is 19.1. The van der Waals surface area contributed by atoms with Gasteiger partial charge in [0.2, 0.25) is 5.82 Å². The van der Waals surface area contributed by atoms with E-state index >= 15 is 0 Å². The lowest BCUT2D eigenvalue weighted by molar-refractivity contribution is 0.578. The van der Waals surface area contributed by atoms with Crippen LogP contribution in [0.4, 0.5) is 4.39 Å². The summed E-state index contributed by atoms with van der Waals surface area (Å²) in [5.41, 5.74) is -0.456. The Morgan fingerprint density at radius 2 is 2.31 bits per heavy atom. The van der Waals surface area contributed by atoms with Gasteiger partial charge in [0.05, 0.1) is 5.69 Å². The fraction of sp³-hybridized carbons (Fsp3) is 0.556. The van der Waals surface area contributed by atoms with E-state index < -0.39 is 11.4 Å². The van der Waals surface area contributed by atoms with Crippen LogP contribution in [0.15, 0.2) is 4.79 Å². The van der Waals surface area contributed by atoms with Crippen LogP contribution < -0.4 is 5.56 Å². The first kappa shape index (κ1) is 8.41. The summed E-state index contributed by atoms with van der Waals surface area (Å²) in [7, 11) is 0. The minimum atomic E-state index is -0.764. The second-order valence-corrected chi connectivity index (χ2v) is 3.56. The van der Waals surface area contributed by atoms with Crippen molar-refractivity contribution in [2.45, 2.75) is 26.2 Å². The van der Waals surface area contributed by atoms with Crippen LogP contribution in [0.25, 0.3) is 0 Å². The number of nitrogens with one attached hydrogen (secondary N) is 1. The maximum atomic E-state index is 12.9. The maximum Gasteiger partial charge on any atom is 0.287 e. The number of rotatable bonds is 2. The van der Waals surface area contributed by atoms with Crippen molar-refractivity contribution in [1.29, 1.82) is 0 Å². The number of aromatic amines is 1. The van der Waals surface area contributed by atoms with Crippen molar-refractivity contribution in [2.24, 2.45) is 5.92 Å². The van der Waals surface area contributed by atoms with Gasteiger partial charge in [0.1, 0.15) is 5.82 Å². The highest BCUT2D eigenvalue weighted by Gasteiger charge is 2.23. The number of hydrogen-bond donors (Lipinski definition) is 1. The lowest BCUT2D eigenvalue weighted by Crippen LogP contribution is -2.17. The molecule has 2 rings (SSSR count). The van der Waals surface area contributed by atoms with Crippen molar-refractivity contribution in [1.82, 2.24) is 9.97 Å². The van der Waals surface area contributed by atoms with Crippen LogP contribution in [0.5, 0.6) is 0 Å². The van der Waals surface area contributed by atoms with Crippen molar-refractivity contribution >= 4 is 0 Å². The molecule has 0 spiro atoms. The molecule has 1 aliphatic rings. The Kier molecular flexibility index (Phi) is 1.90. The molecule has 1 aromatic heterocycles. The summed E-state index contributed by atoms with van der Waals surface area (Å²) >= 11 is 0. The van der Waals surface area contributed by atoms with Gasteiger partial charge in [0.15, 0.2) is 0 Å². The summed E-state index contributed by atoms with van der Waals surface area (Å²) in [6, 6.07) is 0. The molecule has 0 aliphatic heterocycles. The molecule has 0 atom stereocenters. The lowest BCUT2D eigenvalue weighted by atomic mass is 10.2. The van der Waals surface area contributed by atoms with Crippen LogP contribution in [-0.4, -0.2) is 9.97 Å². The van der Waals surface area contributed by atoms with Crippen LogP contribution in [0.1, 0.15) is 24.4 Å². The van der Waals surface area contributed by atoms with Crippen LogP contribution in [0.3, 0.4) is 0 Å². The molecule has 4 heteroatoms. The van der Waals surface area contributed by atoms with Crippen LogP contribution >= 0.6 is 0 Å². The summed E-state index contributed by atoms with van der Waals surface area (Å²) < 4.78 is 12.9. The first-order chi connectivity index (χ1) is 6.16. The number of aryl methyl sites for hydroxylation is 1. The zero-order chi connectivity index (χ0) is 9.42. The molecule has 1 heterocycles. The second-order valence-electron chi connectivity index (χ2n) is 3.56. The molecule has 1 fully saturated rings. The molecular weight excluding hydrogens is 171 g/mol. The van der Waals surface area contributed by atoms with Gasteiger partial charge >= 0.3 is 0 Å². The Hall–Kier alpha value is -1.19. The maximum absolute atomic E-state index is 12.9. The normalized spacial score (nSPS) is 16.2. The molecule has 3 nitrogen and oxygen atoms in total. The first-order valence-electron chi connectivity index (χ1n) is 4.42. The SMILES string of the molecule is Cc1nc(CC2CC2)[nH]c(=O)c1F. The van der Waals surface area contributed by atoms with Gasteiger partial charge in [-0.25, -0.2) is 4.98 Å². The van der Waals surface area contributed by atoms with Crippen molar-refractivity contribution in [3.05, 3.63) is 27.7 Å². The number of aromatic nitrogens is 2. The van der Waals surface area contributed by atoms with Gasteiger partial charge in [-0.05, 0) is 25.7 Å². The predicted molar refractivity (Wildman–Crippen MR) is 46.0 cm³/mol. The van der Waals surface area contributed by atoms with Crippen molar-refractivity contribution in [3.8, 4) is 0 Å². The van der Waals surface area contributed by atoms with E-state index in [4.69, 9.17) is 0 Å². The van der Waals surface area contributed by atoms with Crippen LogP contribution in [-0.2, 0) is 6.42 Å². The highest BCUT2D eigenvalue weighted by molar-refractivity contribution is 5.04. The van der Waals surface area contributed by atoms with E-state index in [1.165, 1.54) is 19.8 Å². The number of halogens is 1. The summed E-state index contributed by atoms with van der Waals surface area (Å²) in [5.74, 6) is 0.499. The highest BCUT2D eigenvalue weighted by Crippen LogP contribution is 2.31. The van der Waals surface area contributed by atoms with E-state index in [-0.39, 0.29) is 5.69 Å². The average molecular weight is 182 g/mol. The molecule has 1 N–H and O–H groups in total. The molecule has 0 saturated heterocycles. The van der Waals surface area contributed by atoms with Crippen molar-refractivity contribution in [2.75, 3.05) is 0 Å². The van der Waals surface area contributed by atoms with E-state index in [1.807, 2.05) is 0 Å². The lowest BCUT2D eigenvalue weighted by Gasteiger charge is -2.00. The predicted octanol–water partition coefficient (Wildman–Crippen LogP) is 1.17. The fourth-order valence-corrected chi connectivity index (χ4v) is 1.32. The van der Waals surface area contributed by atoms with Gasteiger partial charge in [-0.1, -0.05) is 0 Å². The number of hydrogen-bond acceptors (Lipinski definition) is 2. The van der Waals surface area contributed by atoms with E-state index in [2.05, 4.69) is 9.97 Å². The second kappa shape index (κ2) is 2.94. The largest absolute Gasteiger partial charge is 0.308 e. The summed E-state index contributed by atoms with van der Waals surface area (Å²) in [4.78, 5) is 17.4. The third-order valence-corrected chi connectivity index (χ3v) is 2.26. The molecule has 1 saturated carbocycles. The first-order valence-corrected chi connectivity index (χ1v) is 4.42. The topological polar surface area (TPSA) is 45.8 Å². The Balaban J connectivity index is 2.31. The number of H-pyrrole nitrogens is 1. The van der Waals surface area contributed by atoms with Gasteiger partial charge in [-0.15, -0.1) is 0 Å². The monoisotopic (exact) mass is 182 g/mol. The van der Waals surface area contributed by atoms with Gasteiger partial charge in [0, 0.05) is 6.42 Å². The molecule has 1 aliphatic carbocycles. The molecule has 0 bridgehead atoms. The van der Waals surface area contributed by atoms with Gasteiger partial charge in [-0.2, -0.15) is 4.39 Å². The Morgan fingerprint density at radius 3 is 2.85 bits per heavy atom. The quantitative estimate of drug-likeness (QED) is 0.746. The zero-order valence-electron chi connectivity index (χ0n) is 7.43. The number of nitrogens with zero attached hydrogens (tertiary/aromatic N) is 1. The Labute approximate surface area is 75.0 Å². The minimum absolute atomic E-state index is 0.194. The van der Waals surface area contributed by atoms with Gasteiger partial charge in [-0.3, -0.25) is 4.79 Å². The molecule has 0 radical (unpaired) electrons. The van der Waals surface area contributed by atoms with Crippen molar-refractivity contribution in [3.63, 3.8) is 0 Å². The molecule has 0 unspecified atom stereocenters. The van der Waals surface area contributed by atoms with Gasteiger partial charge < -0.3 is 4.98 Å². The van der Waals surface area contributed by atoms with E-state index in [0.717, 1.165) is 6.42 Å². The third-order valence-electron chi connectivity index (χ3n) is 2.26. The smallest absolute Gasteiger partial charge is 0.287 e. The fourth-order valence-electron chi connectivity index (χ4n) is 1.32. The van der Waals surface area contributed by atoms with Crippen LogP contribution in [0, 0.1) is 18.7 Å². The van der Waals surface area contributed by atoms with Gasteiger partial charge in [0.25, 0.3) is 5.56 Å². The molecule has 1 aromatic rings. The van der Waals surface area contributed by atoms with E-state index in [0.29, 0.717) is 11.7 Å². The van der Waals surface area contributed by atoms with E-state index in [9.17, 15) is 9.18 Å². The van der Waals surface area contributed by atoms with Crippen molar-refractivity contribution < 1.29 is 4.39 Å². The van der Waals surface area contributed by atoms with Crippen LogP contribution in [0.2, 0.25) is 0 Å². The Bertz CT molecular complexity index is 382. The molecule has 70 valence electrons. The standard InChI is InChI=1S/C9H11FN2O/c1-5-8(10)9(13)12-7(11-5)4-6-2-3-6/h6H,2-4H2,1H3,(H,11,12,13). The summed E-state index contributed by atoms with van der Waals surface area (Å²) in [6.45, 7) is 1.51. The average Bonchev–Trinajstić information content (AvgIpc) is 2.84. The zero-order valence-corrected chi connectivity index (χ0v) is 7.43. The summed E-state index contributed by atoms with van der Waals surface area (Å²) in [6.07, 6.45) is 3.16. The minimum Gasteiger partial charge on any atom is -0.308 e. The molecule has 0 amide bonds. The molecular formula is C9H11FN2O. The Morgan fingerprint density at radius 1 is 1.62 bits per heavy atom. The molecule has 13 heavy (non-hydrogen) atoms. The van der Waals surface area contributed by atoms with E-state index in [1.54, 1.807) is 0 Å². The third kappa shape index (κ3) is 1.76. The summed E-state index contributed by atoms with van der Waals surface area (Å²) in [5, 5.41) is 0. The molecule has 0 aromatic carbocycles.